The van der Waals surface area contributed by atoms with Crippen LogP contribution in [0.4, 0.5) is 0 Å². The summed E-state index contributed by atoms with van der Waals surface area (Å²) in [7, 11) is 4.41. The number of carboxylic acid groups (broad SMARTS) is 2. The average Bonchev–Trinajstić information content (AvgIpc) is 3.01. The van der Waals surface area contributed by atoms with Gasteiger partial charge in [-0.25, -0.2) is 0 Å². The molecular formula is C17H21NO7. The lowest BCUT2D eigenvalue weighted by Gasteiger charge is -2.21. The van der Waals surface area contributed by atoms with E-state index in [2.05, 4.69) is 4.99 Å². The fraction of sp³-hybridized carbons (Fsp3) is 0.471. The van der Waals surface area contributed by atoms with Gasteiger partial charge in [0, 0.05) is 12.1 Å². The van der Waals surface area contributed by atoms with Crippen molar-refractivity contribution in [3.63, 3.8) is 0 Å². The third-order valence-corrected chi connectivity index (χ3v) is 4.44. The summed E-state index contributed by atoms with van der Waals surface area (Å²) in [6.07, 6.45) is 0.0685. The minimum Gasteiger partial charge on any atom is -0.493 e. The Morgan fingerprint density at radius 1 is 1.12 bits per heavy atom. The van der Waals surface area contributed by atoms with E-state index in [0.29, 0.717) is 22.8 Å². The van der Waals surface area contributed by atoms with Crippen molar-refractivity contribution < 1.29 is 34.0 Å². The molecule has 0 aliphatic carbocycles. The van der Waals surface area contributed by atoms with Gasteiger partial charge in [-0.15, -0.1) is 0 Å². The molecule has 0 radical (unpaired) electrons. The van der Waals surface area contributed by atoms with Crippen LogP contribution in [0, 0.1) is 5.41 Å². The highest BCUT2D eigenvalue weighted by atomic mass is 16.5. The number of methoxy groups -OCH3 is 3. The molecule has 1 atom stereocenters. The number of ether oxygens (including phenoxy) is 3. The van der Waals surface area contributed by atoms with E-state index in [1.165, 1.54) is 21.3 Å². The Balaban J connectivity index is 2.56. The molecule has 0 spiro atoms. The highest BCUT2D eigenvalue weighted by Crippen LogP contribution is 2.47. The molecule has 1 heterocycles. The summed E-state index contributed by atoms with van der Waals surface area (Å²) < 4.78 is 15.8. The van der Waals surface area contributed by atoms with E-state index in [4.69, 9.17) is 14.2 Å². The van der Waals surface area contributed by atoms with E-state index in [1.807, 2.05) is 0 Å². The molecule has 0 amide bonds. The van der Waals surface area contributed by atoms with E-state index >= 15 is 0 Å². The molecule has 0 fully saturated rings. The zero-order valence-electron chi connectivity index (χ0n) is 14.5. The van der Waals surface area contributed by atoms with Crippen LogP contribution in [0.1, 0.15) is 31.4 Å². The Labute approximate surface area is 145 Å². The van der Waals surface area contributed by atoms with Crippen LogP contribution in [-0.2, 0) is 9.59 Å². The molecule has 0 saturated heterocycles. The van der Waals surface area contributed by atoms with Gasteiger partial charge in [-0.05, 0) is 24.1 Å². The summed E-state index contributed by atoms with van der Waals surface area (Å²) >= 11 is 0. The van der Waals surface area contributed by atoms with Gasteiger partial charge >= 0.3 is 11.9 Å². The smallest absolute Gasteiger partial charge is 0.327 e. The van der Waals surface area contributed by atoms with Gasteiger partial charge in [0.2, 0.25) is 11.2 Å². The average molecular weight is 351 g/mol. The van der Waals surface area contributed by atoms with Crippen LogP contribution in [0.5, 0.6) is 17.2 Å². The van der Waals surface area contributed by atoms with Crippen LogP contribution in [0.25, 0.3) is 0 Å². The Hall–Kier alpha value is -2.77. The first kappa shape index (κ1) is 18.6. The van der Waals surface area contributed by atoms with Gasteiger partial charge in [0.25, 0.3) is 0 Å². The number of hydrogen-bond acceptors (Lipinski definition) is 6. The molecule has 8 nitrogen and oxygen atoms in total. The number of hydrogen-bond donors (Lipinski definition) is 2. The fourth-order valence-corrected chi connectivity index (χ4v) is 3.14. The van der Waals surface area contributed by atoms with Gasteiger partial charge in [-0.3, -0.25) is 14.6 Å². The highest BCUT2D eigenvalue weighted by Gasteiger charge is 2.55. The monoisotopic (exact) mass is 351 g/mol. The van der Waals surface area contributed by atoms with Crippen molar-refractivity contribution in [2.75, 3.05) is 21.3 Å². The largest absolute Gasteiger partial charge is 0.493 e. The normalized spacial score (nSPS) is 18.4. The second-order valence-corrected chi connectivity index (χ2v) is 5.62. The molecule has 0 saturated carbocycles. The van der Waals surface area contributed by atoms with Crippen LogP contribution in [0.3, 0.4) is 0 Å². The van der Waals surface area contributed by atoms with E-state index < -0.39 is 23.4 Å². The lowest BCUT2D eigenvalue weighted by atomic mass is 9.78. The number of aliphatic carboxylic acids is 2. The summed E-state index contributed by atoms with van der Waals surface area (Å²) in [5.41, 5.74) is -1.27. The summed E-state index contributed by atoms with van der Waals surface area (Å²) in [5, 5.41) is 19.1. The SMILES string of the molecule is CCC1=NC(c2cc(OC)c(OC)c(OC)c2)CC1(C(=O)O)C(=O)O. The van der Waals surface area contributed by atoms with Crippen molar-refractivity contribution in [1.82, 2.24) is 0 Å². The van der Waals surface area contributed by atoms with Gasteiger partial charge in [0.15, 0.2) is 11.5 Å². The fourth-order valence-electron chi connectivity index (χ4n) is 3.14. The summed E-state index contributed by atoms with van der Waals surface area (Å²) in [4.78, 5) is 27.8. The second kappa shape index (κ2) is 7.00. The number of nitrogens with zero attached hydrogens (tertiary/aromatic N) is 1. The zero-order chi connectivity index (χ0) is 18.8. The quantitative estimate of drug-likeness (QED) is 0.723. The van der Waals surface area contributed by atoms with Crippen molar-refractivity contribution in [3.8, 4) is 17.2 Å². The van der Waals surface area contributed by atoms with Crippen LogP contribution < -0.4 is 14.2 Å². The van der Waals surface area contributed by atoms with E-state index in [-0.39, 0.29) is 18.6 Å². The molecule has 25 heavy (non-hydrogen) atoms. The van der Waals surface area contributed by atoms with Gasteiger partial charge in [-0.2, -0.15) is 0 Å². The standard InChI is InChI=1S/C17H21NO7/c1-5-13-17(15(19)20,16(21)22)8-10(18-13)9-6-11(23-2)14(25-4)12(7-9)24-3/h6-7,10H,5,8H2,1-4H3,(H,19,20)(H,21,22). The Morgan fingerprint density at radius 3 is 1.96 bits per heavy atom. The molecule has 0 bridgehead atoms. The number of aliphatic imine (C=N–C) groups is 1. The number of benzene rings is 1. The van der Waals surface area contributed by atoms with E-state index in [9.17, 15) is 19.8 Å². The van der Waals surface area contributed by atoms with Gasteiger partial charge in [-0.1, -0.05) is 6.92 Å². The first-order valence-electron chi connectivity index (χ1n) is 7.69. The van der Waals surface area contributed by atoms with E-state index in [1.54, 1.807) is 19.1 Å². The van der Waals surface area contributed by atoms with Gasteiger partial charge < -0.3 is 24.4 Å². The number of carboxylic acids is 2. The van der Waals surface area contributed by atoms with Crippen molar-refractivity contribution >= 4 is 17.7 Å². The van der Waals surface area contributed by atoms with Crippen LogP contribution in [-0.4, -0.2) is 49.2 Å². The lowest BCUT2D eigenvalue weighted by molar-refractivity contribution is -0.159. The van der Waals surface area contributed by atoms with Crippen LogP contribution in [0.15, 0.2) is 17.1 Å². The number of rotatable bonds is 7. The van der Waals surface area contributed by atoms with Crippen molar-refractivity contribution in [1.29, 1.82) is 0 Å². The Kier molecular flexibility index (Phi) is 5.20. The Morgan fingerprint density at radius 2 is 1.64 bits per heavy atom. The molecule has 1 aliphatic heterocycles. The molecule has 0 aromatic heterocycles. The minimum absolute atomic E-state index is 0.145. The minimum atomic E-state index is -2.01. The van der Waals surface area contributed by atoms with Crippen molar-refractivity contribution in [3.05, 3.63) is 17.7 Å². The molecule has 1 aliphatic rings. The third kappa shape index (κ3) is 2.88. The predicted molar refractivity (Wildman–Crippen MR) is 88.9 cm³/mol. The zero-order valence-corrected chi connectivity index (χ0v) is 14.5. The summed E-state index contributed by atoms with van der Waals surface area (Å²) in [6, 6.07) is 2.68. The molecule has 136 valence electrons. The van der Waals surface area contributed by atoms with E-state index in [0.717, 1.165) is 0 Å². The predicted octanol–water partition coefficient (Wildman–Crippen LogP) is 2.16. The highest BCUT2D eigenvalue weighted by molar-refractivity contribution is 6.22. The maximum absolute atomic E-state index is 11.7. The first-order chi connectivity index (χ1) is 11.8. The first-order valence-corrected chi connectivity index (χ1v) is 7.69. The maximum Gasteiger partial charge on any atom is 0.327 e. The molecule has 1 aromatic carbocycles. The molecule has 1 unspecified atom stereocenters. The molecule has 2 N–H and O–H groups in total. The second-order valence-electron chi connectivity index (χ2n) is 5.62. The maximum atomic E-state index is 11.7. The van der Waals surface area contributed by atoms with Crippen molar-refractivity contribution in [2.24, 2.45) is 10.4 Å². The lowest BCUT2D eigenvalue weighted by Crippen LogP contribution is -2.44. The van der Waals surface area contributed by atoms with Gasteiger partial charge in [0.05, 0.1) is 27.4 Å². The topological polar surface area (TPSA) is 115 Å². The number of carbonyl (C=O) groups is 2. The third-order valence-electron chi connectivity index (χ3n) is 4.44. The molecule has 2 rings (SSSR count). The summed E-state index contributed by atoms with van der Waals surface area (Å²) in [5.74, 6) is -1.62. The molecule has 1 aromatic rings. The molecule has 8 heteroatoms. The Bertz CT molecular complexity index is 687. The van der Waals surface area contributed by atoms with Crippen LogP contribution >= 0.6 is 0 Å². The van der Waals surface area contributed by atoms with Gasteiger partial charge in [0.1, 0.15) is 0 Å². The van der Waals surface area contributed by atoms with Crippen LogP contribution in [0.2, 0.25) is 0 Å². The molecular weight excluding hydrogens is 330 g/mol. The summed E-state index contributed by atoms with van der Waals surface area (Å²) in [6.45, 7) is 1.69. The van der Waals surface area contributed by atoms with Crippen molar-refractivity contribution in [2.45, 2.75) is 25.8 Å².